The maximum atomic E-state index is 6.35. The van der Waals surface area contributed by atoms with E-state index in [0.29, 0.717) is 6.54 Å². The Labute approximate surface area is 109 Å². The van der Waals surface area contributed by atoms with E-state index in [-0.39, 0.29) is 6.04 Å². The molecular formula is C15H19N3. The van der Waals surface area contributed by atoms with Crippen LogP contribution >= 0.6 is 0 Å². The van der Waals surface area contributed by atoms with Gasteiger partial charge in [0.1, 0.15) is 5.84 Å². The highest BCUT2D eigenvalue weighted by Crippen LogP contribution is 2.22. The zero-order valence-corrected chi connectivity index (χ0v) is 11.0. The molecule has 0 aromatic heterocycles. The Morgan fingerprint density at radius 1 is 1.50 bits per heavy atom. The predicted octanol–water partition coefficient (Wildman–Crippen LogP) is 1.65. The summed E-state index contributed by atoms with van der Waals surface area (Å²) in [6, 6.07) is 6.03. The summed E-state index contributed by atoms with van der Waals surface area (Å²) in [5.74, 6) is 3.58. The summed E-state index contributed by atoms with van der Waals surface area (Å²) < 4.78 is 0. The van der Waals surface area contributed by atoms with Gasteiger partial charge in [-0.25, -0.2) is 0 Å². The third kappa shape index (κ3) is 2.25. The molecule has 3 heteroatoms. The van der Waals surface area contributed by atoms with Gasteiger partial charge in [0.05, 0.1) is 19.1 Å². The second kappa shape index (κ2) is 5.24. The van der Waals surface area contributed by atoms with E-state index in [0.717, 1.165) is 24.5 Å². The van der Waals surface area contributed by atoms with Crippen LogP contribution in [0.3, 0.4) is 0 Å². The summed E-state index contributed by atoms with van der Waals surface area (Å²) in [5.41, 5.74) is 9.98. The number of amidine groups is 1. The van der Waals surface area contributed by atoms with E-state index in [1.54, 1.807) is 0 Å². The van der Waals surface area contributed by atoms with Gasteiger partial charge >= 0.3 is 0 Å². The van der Waals surface area contributed by atoms with E-state index in [2.05, 4.69) is 41.8 Å². The molecule has 0 aliphatic carbocycles. The molecule has 94 valence electrons. The second-order valence-corrected chi connectivity index (χ2v) is 4.63. The van der Waals surface area contributed by atoms with E-state index < -0.39 is 0 Å². The molecule has 0 amide bonds. The van der Waals surface area contributed by atoms with Crippen molar-refractivity contribution in [1.82, 2.24) is 4.90 Å². The summed E-state index contributed by atoms with van der Waals surface area (Å²) in [4.78, 5) is 6.59. The SMILES string of the molecule is C#CCN1CCN=C1C(N)c1cccc(C)c1C. The number of hydrogen-bond donors (Lipinski definition) is 1. The summed E-state index contributed by atoms with van der Waals surface area (Å²) in [6.45, 7) is 6.44. The molecule has 0 spiro atoms. The van der Waals surface area contributed by atoms with Gasteiger partial charge in [0.2, 0.25) is 0 Å². The molecule has 2 N–H and O–H groups in total. The fourth-order valence-electron chi connectivity index (χ4n) is 2.31. The van der Waals surface area contributed by atoms with Crippen molar-refractivity contribution in [2.75, 3.05) is 19.6 Å². The Morgan fingerprint density at radius 2 is 2.28 bits per heavy atom. The minimum absolute atomic E-state index is 0.180. The second-order valence-electron chi connectivity index (χ2n) is 4.63. The van der Waals surface area contributed by atoms with Gasteiger partial charge in [-0.1, -0.05) is 24.1 Å². The number of aliphatic imine (C=N–C) groups is 1. The van der Waals surface area contributed by atoms with Crippen molar-refractivity contribution < 1.29 is 0 Å². The van der Waals surface area contributed by atoms with Gasteiger partial charge in [0.25, 0.3) is 0 Å². The van der Waals surface area contributed by atoms with Crippen molar-refractivity contribution in [3.05, 3.63) is 34.9 Å². The normalized spacial score (nSPS) is 16.3. The van der Waals surface area contributed by atoms with E-state index in [1.165, 1.54) is 11.1 Å². The quantitative estimate of drug-likeness (QED) is 0.818. The number of hydrogen-bond acceptors (Lipinski definition) is 3. The molecule has 0 bridgehead atoms. The van der Waals surface area contributed by atoms with Gasteiger partial charge in [-0.15, -0.1) is 6.42 Å². The molecule has 1 aliphatic rings. The van der Waals surface area contributed by atoms with Crippen LogP contribution in [0.5, 0.6) is 0 Å². The minimum atomic E-state index is -0.180. The highest BCUT2D eigenvalue weighted by atomic mass is 15.2. The molecule has 3 nitrogen and oxygen atoms in total. The van der Waals surface area contributed by atoms with E-state index >= 15 is 0 Å². The average molecular weight is 241 g/mol. The van der Waals surface area contributed by atoms with Crippen LogP contribution in [0.15, 0.2) is 23.2 Å². The van der Waals surface area contributed by atoms with Crippen molar-refractivity contribution in [2.45, 2.75) is 19.9 Å². The van der Waals surface area contributed by atoms with Gasteiger partial charge in [-0.05, 0) is 30.5 Å². The first-order valence-electron chi connectivity index (χ1n) is 6.19. The van der Waals surface area contributed by atoms with Gasteiger partial charge in [-0.3, -0.25) is 4.99 Å². The first-order valence-corrected chi connectivity index (χ1v) is 6.19. The molecule has 0 saturated carbocycles. The monoisotopic (exact) mass is 241 g/mol. The summed E-state index contributed by atoms with van der Waals surface area (Å²) in [7, 11) is 0. The van der Waals surface area contributed by atoms with Gasteiger partial charge in [-0.2, -0.15) is 0 Å². The van der Waals surface area contributed by atoms with E-state index in [4.69, 9.17) is 12.2 Å². The molecule has 1 atom stereocenters. The molecule has 1 aromatic rings. The first kappa shape index (κ1) is 12.7. The fraction of sp³-hybridized carbons (Fsp3) is 0.400. The molecule has 1 aliphatic heterocycles. The van der Waals surface area contributed by atoms with Crippen molar-refractivity contribution in [1.29, 1.82) is 0 Å². The molecule has 0 saturated heterocycles. The number of terminal acetylenes is 1. The Morgan fingerprint density at radius 3 is 3.00 bits per heavy atom. The lowest BCUT2D eigenvalue weighted by Crippen LogP contribution is -2.36. The number of rotatable bonds is 3. The van der Waals surface area contributed by atoms with Gasteiger partial charge < -0.3 is 10.6 Å². The summed E-state index contributed by atoms with van der Waals surface area (Å²) in [5, 5.41) is 0. The zero-order chi connectivity index (χ0) is 13.1. The Kier molecular flexibility index (Phi) is 3.69. The van der Waals surface area contributed by atoms with Crippen LogP contribution in [0.1, 0.15) is 22.7 Å². The maximum absolute atomic E-state index is 6.35. The lowest BCUT2D eigenvalue weighted by molar-refractivity contribution is 0.497. The molecular weight excluding hydrogens is 222 g/mol. The smallest absolute Gasteiger partial charge is 0.122 e. The lowest BCUT2D eigenvalue weighted by Gasteiger charge is -2.24. The van der Waals surface area contributed by atoms with Crippen LogP contribution in [-0.4, -0.2) is 30.4 Å². The number of aryl methyl sites for hydroxylation is 1. The Hall–Kier alpha value is -1.79. The van der Waals surface area contributed by atoms with Crippen LogP contribution in [0, 0.1) is 26.2 Å². The van der Waals surface area contributed by atoms with Crippen LogP contribution in [0.4, 0.5) is 0 Å². The largest absolute Gasteiger partial charge is 0.346 e. The number of nitrogens with two attached hydrogens (primary N) is 1. The van der Waals surface area contributed by atoms with E-state index in [9.17, 15) is 0 Å². The molecule has 0 radical (unpaired) electrons. The highest BCUT2D eigenvalue weighted by Gasteiger charge is 2.24. The molecule has 1 heterocycles. The van der Waals surface area contributed by atoms with Crippen molar-refractivity contribution in [2.24, 2.45) is 10.7 Å². The van der Waals surface area contributed by atoms with Gasteiger partial charge in [0.15, 0.2) is 0 Å². The molecule has 2 rings (SSSR count). The first-order chi connectivity index (χ1) is 8.65. The number of nitrogens with zero attached hydrogens (tertiary/aromatic N) is 2. The average Bonchev–Trinajstić information content (AvgIpc) is 2.80. The van der Waals surface area contributed by atoms with Gasteiger partial charge in [0, 0.05) is 6.54 Å². The predicted molar refractivity (Wildman–Crippen MR) is 75.6 cm³/mol. The summed E-state index contributed by atoms with van der Waals surface area (Å²) >= 11 is 0. The Bertz CT molecular complexity index is 511. The standard InChI is InChI=1S/C15H19N3/c1-4-9-18-10-8-17-15(18)14(16)13-7-5-6-11(2)12(13)3/h1,5-7,14H,8-10,16H2,2-3H3. The van der Waals surface area contributed by atoms with Crippen molar-refractivity contribution in [3.63, 3.8) is 0 Å². The highest BCUT2D eigenvalue weighted by molar-refractivity contribution is 5.90. The van der Waals surface area contributed by atoms with Crippen LogP contribution in [0.2, 0.25) is 0 Å². The van der Waals surface area contributed by atoms with Crippen molar-refractivity contribution >= 4 is 5.84 Å². The van der Waals surface area contributed by atoms with E-state index in [1.807, 2.05) is 6.07 Å². The molecule has 0 fully saturated rings. The lowest BCUT2D eigenvalue weighted by atomic mass is 9.97. The fourth-order valence-corrected chi connectivity index (χ4v) is 2.31. The van der Waals surface area contributed by atoms with Crippen molar-refractivity contribution in [3.8, 4) is 12.3 Å². The summed E-state index contributed by atoms with van der Waals surface area (Å²) in [6.07, 6.45) is 5.38. The third-order valence-electron chi connectivity index (χ3n) is 3.51. The Balaban J connectivity index is 2.29. The molecule has 1 unspecified atom stereocenters. The number of benzene rings is 1. The van der Waals surface area contributed by atoms with Crippen LogP contribution < -0.4 is 5.73 Å². The maximum Gasteiger partial charge on any atom is 0.122 e. The third-order valence-corrected chi connectivity index (χ3v) is 3.51. The zero-order valence-electron chi connectivity index (χ0n) is 11.0. The topological polar surface area (TPSA) is 41.6 Å². The minimum Gasteiger partial charge on any atom is -0.346 e. The molecule has 1 aromatic carbocycles. The molecule has 18 heavy (non-hydrogen) atoms. The van der Waals surface area contributed by atoms with Crippen LogP contribution in [0.25, 0.3) is 0 Å². The van der Waals surface area contributed by atoms with Crippen LogP contribution in [-0.2, 0) is 0 Å².